The van der Waals surface area contributed by atoms with Gasteiger partial charge >= 0.3 is 0 Å². The molecule has 0 fully saturated rings. The average Bonchev–Trinajstić information content (AvgIpc) is 2.54. The highest BCUT2D eigenvalue weighted by Crippen LogP contribution is 1.95. The van der Waals surface area contributed by atoms with Crippen LogP contribution in [0.15, 0.2) is 0 Å². The fourth-order valence-corrected chi connectivity index (χ4v) is 1.79. The van der Waals surface area contributed by atoms with Crippen molar-refractivity contribution in [2.45, 2.75) is 19.3 Å². The van der Waals surface area contributed by atoms with E-state index in [1.54, 1.807) is 21.1 Å². The molecule has 0 aliphatic heterocycles. The van der Waals surface area contributed by atoms with Crippen molar-refractivity contribution in [2.75, 3.05) is 53.9 Å². The van der Waals surface area contributed by atoms with Crippen LogP contribution in [0.2, 0.25) is 0 Å². The van der Waals surface area contributed by atoms with Gasteiger partial charge in [0.25, 0.3) is 0 Å². The Hall–Kier alpha value is -1.67. The van der Waals surface area contributed by atoms with Crippen molar-refractivity contribution in [3.05, 3.63) is 0 Å². The lowest BCUT2D eigenvalue weighted by Gasteiger charge is -2.21. The first-order valence-electron chi connectivity index (χ1n) is 7.58. The Labute approximate surface area is 132 Å². The van der Waals surface area contributed by atoms with Crippen LogP contribution in [0.4, 0.5) is 0 Å². The summed E-state index contributed by atoms with van der Waals surface area (Å²) in [4.78, 5) is 35.8. The second kappa shape index (κ2) is 13.0. The van der Waals surface area contributed by atoms with Crippen LogP contribution in [0.5, 0.6) is 0 Å². The summed E-state index contributed by atoms with van der Waals surface area (Å²) in [5.41, 5.74) is 0. The summed E-state index contributed by atoms with van der Waals surface area (Å²) in [6.07, 6.45) is 1.25. The molecule has 0 aromatic carbocycles. The van der Waals surface area contributed by atoms with Gasteiger partial charge in [0.15, 0.2) is 0 Å². The monoisotopic (exact) mass is 315 g/mol. The minimum Gasteiger partial charge on any atom is -0.359 e. The zero-order chi connectivity index (χ0) is 16.8. The smallest absolute Gasteiger partial charge is 0.221 e. The largest absolute Gasteiger partial charge is 0.359 e. The Morgan fingerprint density at radius 3 is 1.59 bits per heavy atom. The fraction of sp³-hybridized carbons (Fsp3) is 0.786. The van der Waals surface area contributed by atoms with E-state index in [-0.39, 0.29) is 17.7 Å². The second-order valence-electron chi connectivity index (χ2n) is 4.86. The lowest BCUT2D eigenvalue weighted by molar-refractivity contribution is -0.122. The summed E-state index contributed by atoms with van der Waals surface area (Å²) in [5.74, 6) is -0.0290. The number of carbonyl (C=O) groups excluding carboxylic acids is 3. The van der Waals surface area contributed by atoms with Crippen LogP contribution < -0.4 is 21.3 Å². The van der Waals surface area contributed by atoms with E-state index < -0.39 is 0 Å². The third kappa shape index (κ3) is 11.0. The normalized spacial score (nSPS) is 10.4. The summed E-state index contributed by atoms with van der Waals surface area (Å²) in [7, 11) is 4.83. The average molecular weight is 315 g/mol. The maximum atomic E-state index is 11.3. The van der Waals surface area contributed by atoms with Gasteiger partial charge in [0.1, 0.15) is 0 Å². The number of carbonyl (C=O) groups is 3. The quantitative estimate of drug-likeness (QED) is 0.321. The Morgan fingerprint density at radius 2 is 1.14 bits per heavy atom. The topological polar surface area (TPSA) is 103 Å². The highest BCUT2D eigenvalue weighted by atomic mass is 16.2. The predicted octanol–water partition coefficient (Wildman–Crippen LogP) is -1.71. The predicted molar refractivity (Wildman–Crippen MR) is 85.4 cm³/mol. The zero-order valence-corrected chi connectivity index (χ0v) is 13.8. The second-order valence-corrected chi connectivity index (χ2v) is 4.86. The molecule has 0 rings (SSSR count). The van der Waals surface area contributed by atoms with E-state index in [1.807, 2.05) is 0 Å². The number of nitrogens with zero attached hydrogens (tertiary/aromatic N) is 1. The van der Waals surface area contributed by atoms with E-state index in [2.05, 4.69) is 26.2 Å². The molecule has 128 valence electrons. The third-order valence-electron chi connectivity index (χ3n) is 3.28. The molecule has 0 heterocycles. The molecule has 3 amide bonds. The molecule has 0 spiro atoms. The standard InChI is InChI=1S/C14H29N5O3/c1-15-12(20)4-7-18-8-11-19(9-5-13(21)16-2)10-6-14(22)17-3/h18H,4-11H2,1-3H3,(H,15,20)(H,16,21)(H,17,22). The van der Waals surface area contributed by atoms with Crippen LogP contribution in [0.25, 0.3) is 0 Å². The Bertz CT molecular complexity index is 329. The molecule has 0 aliphatic carbocycles. The summed E-state index contributed by atoms with van der Waals surface area (Å²) in [5, 5.41) is 10.9. The zero-order valence-electron chi connectivity index (χ0n) is 13.8. The van der Waals surface area contributed by atoms with Gasteiger partial charge in [0.05, 0.1) is 0 Å². The lowest BCUT2D eigenvalue weighted by Crippen LogP contribution is -2.37. The van der Waals surface area contributed by atoms with Gasteiger partial charge in [-0.2, -0.15) is 0 Å². The van der Waals surface area contributed by atoms with Crippen molar-refractivity contribution >= 4 is 17.7 Å². The Kier molecular flexibility index (Phi) is 12.0. The first-order valence-corrected chi connectivity index (χ1v) is 7.58. The van der Waals surface area contributed by atoms with E-state index in [0.29, 0.717) is 45.4 Å². The molecule has 0 aromatic rings. The van der Waals surface area contributed by atoms with Gasteiger partial charge in [-0.1, -0.05) is 0 Å². The number of nitrogens with one attached hydrogen (secondary N) is 4. The number of hydrogen-bond donors (Lipinski definition) is 4. The molecule has 0 atom stereocenters. The highest BCUT2D eigenvalue weighted by molar-refractivity contribution is 5.76. The van der Waals surface area contributed by atoms with Gasteiger partial charge in [-0.15, -0.1) is 0 Å². The van der Waals surface area contributed by atoms with Crippen LogP contribution in [0, 0.1) is 0 Å². The first-order chi connectivity index (χ1) is 10.5. The maximum Gasteiger partial charge on any atom is 0.221 e. The third-order valence-corrected chi connectivity index (χ3v) is 3.28. The molecular formula is C14H29N5O3. The van der Waals surface area contributed by atoms with Crippen molar-refractivity contribution in [3.8, 4) is 0 Å². The summed E-state index contributed by atoms with van der Waals surface area (Å²) in [6, 6.07) is 0. The van der Waals surface area contributed by atoms with Gasteiger partial charge < -0.3 is 26.2 Å². The van der Waals surface area contributed by atoms with Crippen LogP contribution in [0.3, 0.4) is 0 Å². The Morgan fingerprint density at radius 1 is 0.682 bits per heavy atom. The van der Waals surface area contributed by atoms with Crippen LogP contribution in [-0.4, -0.2) is 76.5 Å². The molecule has 0 unspecified atom stereocenters. The van der Waals surface area contributed by atoms with E-state index in [9.17, 15) is 14.4 Å². The molecule has 8 nitrogen and oxygen atoms in total. The van der Waals surface area contributed by atoms with Gasteiger partial charge in [-0.05, 0) is 0 Å². The molecule has 22 heavy (non-hydrogen) atoms. The van der Waals surface area contributed by atoms with Crippen LogP contribution in [0.1, 0.15) is 19.3 Å². The van der Waals surface area contributed by atoms with Gasteiger partial charge in [0, 0.05) is 73.1 Å². The van der Waals surface area contributed by atoms with Gasteiger partial charge in [-0.3, -0.25) is 14.4 Å². The molecule has 0 aliphatic rings. The molecule has 4 N–H and O–H groups in total. The number of hydrogen-bond acceptors (Lipinski definition) is 5. The molecule has 0 radical (unpaired) electrons. The lowest BCUT2D eigenvalue weighted by atomic mass is 10.3. The molecule has 0 saturated carbocycles. The van der Waals surface area contributed by atoms with Crippen molar-refractivity contribution in [2.24, 2.45) is 0 Å². The minimum atomic E-state index is -0.0162. The van der Waals surface area contributed by atoms with Crippen molar-refractivity contribution in [1.82, 2.24) is 26.2 Å². The molecular weight excluding hydrogens is 286 g/mol. The number of rotatable bonds is 12. The van der Waals surface area contributed by atoms with E-state index >= 15 is 0 Å². The van der Waals surface area contributed by atoms with Crippen LogP contribution in [-0.2, 0) is 14.4 Å². The molecule has 0 bridgehead atoms. The molecule has 0 aromatic heterocycles. The first kappa shape index (κ1) is 20.3. The van der Waals surface area contributed by atoms with Gasteiger partial charge in [-0.25, -0.2) is 0 Å². The fourth-order valence-electron chi connectivity index (χ4n) is 1.79. The van der Waals surface area contributed by atoms with E-state index in [4.69, 9.17) is 0 Å². The SMILES string of the molecule is CNC(=O)CCNCCN(CCC(=O)NC)CCC(=O)NC. The summed E-state index contributed by atoms with van der Waals surface area (Å²) in [6.45, 7) is 3.25. The van der Waals surface area contributed by atoms with E-state index in [1.165, 1.54) is 0 Å². The van der Waals surface area contributed by atoms with Gasteiger partial charge in [0.2, 0.25) is 17.7 Å². The molecule has 0 saturated heterocycles. The summed E-state index contributed by atoms with van der Waals surface area (Å²) < 4.78 is 0. The van der Waals surface area contributed by atoms with Crippen molar-refractivity contribution < 1.29 is 14.4 Å². The van der Waals surface area contributed by atoms with E-state index in [0.717, 1.165) is 6.54 Å². The molecule has 8 heteroatoms. The van der Waals surface area contributed by atoms with Crippen molar-refractivity contribution in [1.29, 1.82) is 0 Å². The van der Waals surface area contributed by atoms with Crippen LogP contribution >= 0.6 is 0 Å². The summed E-state index contributed by atoms with van der Waals surface area (Å²) >= 11 is 0. The minimum absolute atomic E-state index is 0.00332. The number of amides is 3. The highest BCUT2D eigenvalue weighted by Gasteiger charge is 2.09. The Balaban J connectivity index is 4.02. The maximum absolute atomic E-state index is 11.3. The van der Waals surface area contributed by atoms with Crippen molar-refractivity contribution in [3.63, 3.8) is 0 Å².